The maximum absolute atomic E-state index is 12.2. The van der Waals surface area contributed by atoms with E-state index in [1.807, 2.05) is 24.3 Å². The van der Waals surface area contributed by atoms with Crippen molar-refractivity contribution in [1.82, 2.24) is 5.32 Å². The highest BCUT2D eigenvalue weighted by molar-refractivity contribution is 5.87. The van der Waals surface area contributed by atoms with Gasteiger partial charge < -0.3 is 20.9 Å². The van der Waals surface area contributed by atoms with Gasteiger partial charge in [0.1, 0.15) is 17.5 Å². The molecule has 6 nitrogen and oxygen atoms in total. The Balaban J connectivity index is 1.90. The minimum atomic E-state index is -0.853. The van der Waals surface area contributed by atoms with Gasteiger partial charge in [0.15, 0.2) is 6.61 Å². The van der Waals surface area contributed by atoms with Crippen LogP contribution >= 0.6 is 0 Å². The number of phenolic OH excluding ortho intramolecular Hbond substituents is 1. The van der Waals surface area contributed by atoms with Crippen LogP contribution in [0.5, 0.6) is 11.5 Å². The normalized spacial score (nSPS) is 12.2. The third kappa shape index (κ3) is 6.01. The van der Waals surface area contributed by atoms with Crippen LogP contribution in [0.3, 0.4) is 0 Å². The summed E-state index contributed by atoms with van der Waals surface area (Å²) < 4.78 is 5.52. The summed E-state index contributed by atoms with van der Waals surface area (Å²) >= 11 is 0. The molecule has 2 aromatic carbocycles. The lowest BCUT2D eigenvalue weighted by Gasteiger charge is -2.23. The van der Waals surface area contributed by atoms with Crippen molar-refractivity contribution in [2.45, 2.75) is 45.1 Å². The summed E-state index contributed by atoms with van der Waals surface area (Å²) in [6, 6.07) is 13.2. The number of amides is 2. The minimum Gasteiger partial charge on any atom is -0.508 e. The Kier molecular flexibility index (Phi) is 7.04. The van der Waals surface area contributed by atoms with Crippen molar-refractivity contribution in [3.63, 3.8) is 0 Å². The van der Waals surface area contributed by atoms with E-state index in [0.717, 1.165) is 12.0 Å². The molecule has 28 heavy (non-hydrogen) atoms. The number of ether oxygens (including phenoxy) is 1. The van der Waals surface area contributed by atoms with E-state index in [1.54, 1.807) is 12.1 Å². The monoisotopic (exact) mass is 384 g/mol. The SMILES string of the molecule is CCC(C)(C)c1ccc(OCC(=O)NC(Cc2ccc(O)cc2)C(N)=O)cc1. The molecule has 150 valence electrons. The molecule has 0 saturated carbocycles. The van der Waals surface area contributed by atoms with Crippen LogP contribution in [0.15, 0.2) is 48.5 Å². The number of aromatic hydroxyl groups is 1. The smallest absolute Gasteiger partial charge is 0.258 e. The minimum absolute atomic E-state index is 0.0822. The lowest BCUT2D eigenvalue weighted by molar-refractivity contribution is -0.128. The van der Waals surface area contributed by atoms with Gasteiger partial charge in [0.25, 0.3) is 5.91 Å². The van der Waals surface area contributed by atoms with Crippen molar-refractivity contribution in [3.05, 3.63) is 59.7 Å². The van der Waals surface area contributed by atoms with Gasteiger partial charge in [-0.05, 0) is 47.2 Å². The second-order valence-electron chi connectivity index (χ2n) is 7.44. The molecule has 2 amide bonds. The number of benzene rings is 2. The molecule has 0 aliphatic heterocycles. The molecule has 0 fully saturated rings. The van der Waals surface area contributed by atoms with Crippen LogP contribution in [0.1, 0.15) is 38.3 Å². The Morgan fingerprint density at radius 2 is 1.71 bits per heavy atom. The van der Waals surface area contributed by atoms with E-state index in [0.29, 0.717) is 5.75 Å². The largest absolute Gasteiger partial charge is 0.508 e. The summed E-state index contributed by atoms with van der Waals surface area (Å²) in [7, 11) is 0. The Labute approximate surface area is 165 Å². The third-order valence-corrected chi connectivity index (χ3v) is 4.94. The zero-order chi connectivity index (χ0) is 20.7. The number of phenols is 1. The number of carbonyl (C=O) groups excluding carboxylic acids is 2. The van der Waals surface area contributed by atoms with Gasteiger partial charge >= 0.3 is 0 Å². The maximum Gasteiger partial charge on any atom is 0.258 e. The molecule has 1 atom stereocenters. The fourth-order valence-corrected chi connectivity index (χ4v) is 2.68. The van der Waals surface area contributed by atoms with E-state index < -0.39 is 17.9 Å². The first-order valence-electron chi connectivity index (χ1n) is 9.31. The van der Waals surface area contributed by atoms with E-state index in [1.165, 1.54) is 17.7 Å². The number of rotatable bonds is 9. The fraction of sp³-hybridized carbons (Fsp3) is 0.364. The van der Waals surface area contributed by atoms with Crippen molar-refractivity contribution in [2.75, 3.05) is 6.61 Å². The highest BCUT2D eigenvalue weighted by Crippen LogP contribution is 2.28. The lowest BCUT2D eigenvalue weighted by Crippen LogP contribution is -2.47. The number of hydrogen-bond acceptors (Lipinski definition) is 4. The number of primary amides is 1. The zero-order valence-corrected chi connectivity index (χ0v) is 16.6. The van der Waals surface area contributed by atoms with Crippen molar-refractivity contribution in [3.8, 4) is 11.5 Å². The van der Waals surface area contributed by atoms with Gasteiger partial charge in [0.05, 0.1) is 0 Å². The molecule has 1 unspecified atom stereocenters. The van der Waals surface area contributed by atoms with E-state index in [4.69, 9.17) is 10.5 Å². The molecule has 0 heterocycles. The molecular formula is C22H28N2O4. The Morgan fingerprint density at radius 3 is 2.25 bits per heavy atom. The average molecular weight is 384 g/mol. The first-order valence-corrected chi connectivity index (χ1v) is 9.31. The number of hydrogen-bond donors (Lipinski definition) is 3. The van der Waals surface area contributed by atoms with Crippen LogP contribution in [0.25, 0.3) is 0 Å². The molecule has 4 N–H and O–H groups in total. The fourth-order valence-electron chi connectivity index (χ4n) is 2.68. The summed E-state index contributed by atoms with van der Waals surface area (Å²) in [5, 5.41) is 11.9. The number of nitrogens with two attached hydrogens (primary N) is 1. The van der Waals surface area contributed by atoms with Crippen LogP contribution in [-0.4, -0.2) is 29.6 Å². The van der Waals surface area contributed by atoms with E-state index in [2.05, 4.69) is 26.1 Å². The average Bonchev–Trinajstić information content (AvgIpc) is 2.67. The topological polar surface area (TPSA) is 102 Å². The maximum atomic E-state index is 12.2. The predicted molar refractivity (Wildman–Crippen MR) is 108 cm³/mol. The second kappa shape index (κ2) is 9.26. The molecular weight excluding hydrogens is 356 g/mol. The van der Waals surface area contributed by atoms with Crippen LogP contribution < -0.4 is 15.8 Å². The van der Waals surface area contributed by atoms with Crippen molar-refractivity contribution in [2.24, 2.45) is 5.73 Å². The predicted octanol–water partition coefficient (Wildman–Crippen LogP) is 2.67. The molecule has 0 bridgehead atoms. The van der Waals surface area contributed by atoms with Gasteiger partial charge in [-0.25, -0.2) is 0 Å². The van der Waals surface area contributed by atoms with E-state index in [-0.39, 0.29) is 24.2 Å². The van der Waals surface area contributed by atoms with E-state index >= 15 is 0 Å². The molecule has 6 heteroatoms. The first kappa shape index (κ1) is 21.3. The molecule has 0 aliphatic carbocycles. The van der Waals surface area contributed by atoms with Gasteiger partial charge in [-0.2, -0.15) is 0 Å². The summed E-state index contributed by atoms with van der Waals surface area (Å²) in [4.78, 5) is 23.8. The van der Waals surface area contributed by atoms with Crippen LogP contribution in [-0.2, 0) is 21.4 Å². The highest BCUT2D eigenvalue weighted by atomic mass is 16.5. The molecule has 0 aliphatic rings. The zero-order valence-electron chi connectivity index (χ0n) is 16.6. The van der Waals surface area contributed by atoms with Gasteiger partial charge in [0, 0.05) is 6.42 Å². The molecule has 2 aromatic rings. The lowest BCUT2D eigenvalue weighted by atomic mass is 9.82. The molecule has 0 spiro atoms. The Bertz CT molecular complexity index is 798. The van der Waals surface area contributed by atoms with Crippen LogP contribution in [0.4, 0.5) is 0 Å². The van der Waals surface area contributed by atoms with Gasteiger partial charge in [-0.3, -0.25) is 9.59 Å². The Hall–Kier alpha value is -3.02. The molecule has 2 rings (SSSR count). The van der Waals surface area contributed by atoms with Crippen molar-refractivity contribution in [1.29, 1.82) is 0 Å². The van der Waals surface area contributed by atoms with Crippen LogP contribution in [0, 0.1) is 0 Å². The Morgan fingerprint density at radius 1 is 1.11 bits per heavy atom. The summed E-state index contributed by atoms with van der Waals surface area (Å²) in [5.41, 5.74) is 7.46. The highest BCUT2D eigenvalue weighted by Gasteiger charge is 2.20. The van der Waals surface area contributed by atoms with Gasteiger partial charge in [-0.15, -0.1) is 0 Å². The van der Waals surface area contributed by atoms with Crippen LogP contribution in [0.2, 0.25) is 0 Å². The van der Waals surface area contributed by atoms with Crippen molar-refractivity contribution >= 4 is 11.8 Å². The van der Waals surface area contributed by atoms with Crippen molar-refractivity contribution < 1.29 is 19.4 Å². The number of carbonyl (C=O) groups is 2. The molecule has 0 aromatic heterocycles. The molecule has 0 saturated heterocycles. The second-order valence-corrected chi connectivity index (χ2v) is 7.44. The third-order valence-electron chi connectivity index (χ3n) is 4.94. The summed E-state index contributed by atoms with van der Waals surface area (Å²) in [6.45, 7) is 6.28. The molecule has 0 radical (unpaired) electrons. The first-order chi connectivity index (χ1) is 13.2. The summed E-state index contributed by atoms with van der Waals surface area (Å²) in [5.74, 6) is -0.349. The van der Waals surface area contributed by atoms with Gasteiger partial charge in [-0.1, -0.05) is 45.0 Å². The quantitative estimate of drug-likeness (QED) is 0.618. The number of nitrogens with one attached hydrogen (secondary N) is 1. The van der Waals surface area contributed by atoms with Gasteiger partial charge in [0.2, 0.25) is 5.91 Å². The standard InChI is InChI=1S/C22H28N2O4/c1-4-22(2,3)16-7-11-18(12-8-16)28-14-20(26)24-19(21(23)27)13-15-5-9-17(25)10-6-15/h5-12,19,25H,4,13-14H2,1-3H3,(H2,23,27)(H,24,26). The summed E-state index contributed by atoms with van der Waals surface area (Å²) in [6.07, 6.45) is 1.26. The van der Waals surface area contributed by atoms with E-state index in [9.17, 15) is 14.7 Å².